The fourth-order valence-corrected chi connectivity index (χ4v) is 5.25. The topological polar surface area (TPSA) is 105 Å². The highest BCUT2D eigenvalue weighted by Crippen LogP contribution is 2.35. The maximum atomic E-state index is 13.8. The van der Waals surface area contributed by atoms with Crippen LogP contribution >= 0.6 is 0 Å². The Morgan fingerprint density at radius 2 is 1.76 bits per heavy atom. The van der Waals surface area contributed by atoms with Crippen LogP contribution in [-0.4, -0.2) is 63.2 Å². The highest BCUT2D eigenvalue weighted by Gasteiger charge is 2.32. The van der Waals surface area contributed by atoms with Gasteiger partial charge < -0.3 is 19.7 Å². The first-order valence-corrected chi connectivity index (χ1v) is 14.3. The molecule has 0 bridgehead atoms. The van der Waals surface area contributed by atoms with Crippen LogP contribution in [0.2, 0.25) is 0 Å². The molecule has 1 atom stereocenters. The predicted molar refractivity (Wildman–Crippen MR) is 143 cm³/mol. The van der Waals surface area contributed by atoms with Gasteiger partial charge in [-0.3, -0.25) is 13.9 Å². The van der Waals surface area contributed by atoms with Crippen LogP contribution in [0.4, 0.5) is 5.69 Å². The maximum Gasteiger partial charge on any atom is 0.244 e. The van der Waals surface area contributed by atoms with Gasteiger partial charge in [0.25, 0.3) is 0 Å². The van der Waals surface area contributed by atoms with Crippen molar-refractivity contribution in [3.8, 4) is 11.5 Å². The molecule has 2 amide bonds. The van der Waals surface area contributed by atoms with E-state index in [4.69, 9.17) is 9.47 Å². The number of sulfonamides is 1. The average molecular weight is 532 g/mol. The Kier molecular flexibility index (Phi) is 9.79. The van der Waals surface area contributed by atoms with E-state index >= 15 is 0 Å². The molecule has 37 heavy (non-hydrogen) atoms. The minimum atomic E-state index is -3.83. The molecule has 2 aromatic carbocycles. The largest absolute Gasteiger partial charge is 0.486 e. The van der Waals surface area contributed by atoms with Crippen LogP contribution in [-0.2, 0) is 26.2 Å². The second kappa shape index (κ2) is 12.8. The molecule has 0 radical (unpaired) electrons. The van der Waals surface area contributed by atoms with Crippen LogP contribution in [0.5, 0.6) is 11.5 Å². The van der Waals surface area contributed by atoms with Gasteiger partial charge in [-0.2, -0.15) is 0 Å². The number of anilines is 1. The normalized spacial score (nSPS) is 13.5. The van der Waals surface area contributed by atoms with E-state index in [1.807, 2.05) is 45.0 Å². The molecule has 0 spiro atoms. The van der Waals surface area contributed by atoms with Gasteiger partial charge in [0.2, 0.25) is 21.8 Å². The number of carbonyl (C=O) groups is 2. The monoisotopic (exact) mass is 531 g/mol. The van der Waals surface area contributed by atoms with Gasteiger partial charge in [-0.05, 0) is 44.4 Å². The Bertz CT molecular complexity index is 1200. The van der Waals surface area contributed by atoms with Crippen molar-refractivity contribution in [1.82, 2.24) is 10.2 Å². The van der Waals surface area contributed by atoms with Gasteiger partial charge in [0, 0.05) is 19.2 Å². The number of rotatable bonds is 12. The smallest absolute Gasteiger partial charge is 0.244 e. The van der Waals surface area contributed by atoms with E-state index in [0.29, 0.717) is 43.4 Å². The molecule has 0 fully saturated rings. The van der Waals surface area contributed by atoms with Crippen LogP contribution in [0.15, 0.2) is 42.5 Å². The molecule has 1 aliphatic rings. The fourth-order valence-electron chi connectivity index (χ4n) is 4.20. The van der Waals surface area contributed by atoms with Crippen LogP contribution in [0.3, 0.4) is 0 Å². The highest BCUT2D eigenvalue weighted by atomic mass is 32.2. The molecule has 0 aliphatic carbocycles. The number of ether oxygens (including phenoxy) is 2. The molecule has 1 N–H and O–H groups in total. The Morgan fingerprint density at radius 3 is 2.41 bits per heavy atom. The lowest BCUT2D eigenvalue weighted by atomic mass is 10.1. The van der Waals surface area contributed by atoms with Crippen molar-refractivity contribution in [3.05, 3.63) is 53.6 Å². The molecule has 0 aromatic heterocycles. The molecule has 1 heterocycles. The molecular weight excluding hydrogens is 494 g/mol. The van der Waals surface area contributed by atoms with E-state index in [1.54, 1.807) is 18.2 Å². The lowest BCUT2D eigenvalue weighted by Gasteiger charge is -2.33. The number of hydrogen-bond donors (Lipinski definition) is 1. The summed E-state index contributed by atoms with van der Waals surface area (Å²) in [6, 6.07) is 11.8. The number of amides is 2. The summed E-state index contributed by atoms with van der Waals surface area (Å²) in [5.74, 6) is 0.0340. The zero-order valence-corrected chi connectivity index (χ0v) is 22.8. The molecule has 10 heteroatoms. The summed E-state index contributed by atoms with van der Waals surface area (Å²) in [6.45, 7) is 8.28. The number of nitrogens with zero attached hydrogens (tertiary/aromatic N) is 2. The lowest BCUT2D eigenvalue weighted by Crippen LogP contribution is -2.52. The molecular formula is C27H37N3O6S. The van der Waals surface area contributed by atoms with E-state index in [0.717, 1.165) is 21.9 Å². The van der Waals surface area contributed by atoms with Crippen molar-refractivity contribution in [1.29, 1.82) is 0 Å². The molecule has 2 aromatic rings. The van der Waals surface area contributed by atoms with E-state index < -0.39 is 28.5 Å². The summed E-state index contributed by atoms with van der Waals surface area (Å²) in [5, 5.41) is 2.88. The standard InChI is InChI=1S/C27H37N3O6S/c1-5-13-28-27(32)23(6-2)29(18-21-10-8-9-20(4)16-21)26(31)19-30(37(33,34)7-3)22-11-12-24-25(17-22)36-15-14-35-24/h8-12,16-17,23H,5-7,13-15,18-19H2,1-4H3,(H,28,32)/t23-/m1/s1. The first-order chi connectivity index (χ1) is 17.7. The van der Waals surface area contributed by atoms with Crippen LogP contribution in [0, 0.1) is 6.92 Å². The van der Waals surface area contributed by atoms with Crippen LogP contribution < -0.4 is 19.1 Å². The summed E-state index contributed by atoms with van der Waals surface area (Å²) in [4.78, 5) is 28.4. The lowest BCUT2D eigenvalue weighted by molar-refractivity contribution is -0.140. The van der Waals surface area contributed by atoms with Crippen molar-refractivity contribution in [3.63, 3.8) is 0 Å². The number of fused-ring (bicyclic) bond motifs is 1. The number of nitrogens with one attached hydrogen (secondary N) is 1. The second-order valence-electron chi connectivity index (χ2n) is 8.96. The van der Waals surface area contributed by atoms with E-state index in [1.165, 1.54) is 11.8 Å². The number of hydrogen-bond acceptors (Lipinski definition) is 6. The average Bonchev–Trinajstić information content (AvgIpc) is 2.89. The molecule has 0 saturated carbocycles. The number of carbonyl (C=O) groups excluding carboxylic acids is 2. The van der Waals surface area contributed by atoms with Crippen molar-refractivity contribution < 1.29 is 27.5 Å². The summed E-state index contributed by atoms with van der Waals surface area (Å²) in [6.07, 6.45) is 1.15. The summed E-state index contributed by atoms with van der Waals surface area (Å²) in [5.41, 5.74) is 2.19. The van der Waals surface area contributed by atoms with Crippen molar-refractivity contribution in [2.24, 2.45) is 0 Å². The third-order valence-electron chi connectivity index (χ3n) is 6.16. The van der Waals surface area contributed by atoms with Gasteiger partial charge in [-0.1, -0.05) is 43.7 Å². The van der Waals surface area contributed by atoms with Crippen molar-refractivity contribution >= 4 is 27.5 Å². The third kappa shape index (κ3) is 7.15. The van der Waals surface area contributed by atoms with Gasteiger partial charge in [-0.25, -0.2) is 8.42 Å². The SMILES string of the molecule is CCCNC(=O)[C@@H](CC)N(Cc1cccc(C)c1)C(=O)CN(c1ccc2c(c1)OCCO2)S(=O)(=O)CC. The molecule has 3 rings (SSSR count). The maximum absolute atomic E-state index is 13.8. The Morgan fingerprint density at radius 1 is 1.03 bits per heavy atom. The summed E-state index contributed by atoms with van der Waals surface area (Å²) >= 11 is 0. The minimum absolute atomic E-state index is 0.180. The Hall–Kier alpha value is -3.27. The zero-order valence-electron chi connectivity index (χ0n) is 22.0. The summed E-state index contributed by atoms with van der Waals surface area (Å²) in [7, 11) is -3.83. The van der Waals surface area contributed by atoms with Gasteiger partial charge in [0.15, 0.2) is 11.5 Å². The van der Waals surface area contributed by atoms with Crippen LogP contribution in [0.25, 0.3) is 0 Å². The van der Waals surface area contributed by atoms with Gasteiger partial charge >= 0.3 is 0 Å². The molecule has 202 valence electrons. The predicted octanol–water partition coefficient (Wildman–Crippen LogP) is 3.26. The minimum Gasteiger partial charge on any atom is -0.486 e. The second-order valence-corrected chi connectivity index (χ2v) is 11.1. The van der Waals surface area contributed by atoms with E-state index in [9.17, 15) is 18.0 Å². The fraction of sp³-hybridized carbons (Fsp3) is 0.481. The third-order valence-corrected chi connectivity index (χ3v) is 7.90. The molecule has 1 aliphatic heterocycles. The van der Waals surface area contributed by atoms with Gasteiger partial charge in [0.05, 0.1) is 11.4 Å². The summed E-state index contributed by atoms with van der Waals surface area (Å²) < 4.78 is 38.6. The van der Waals surface area contributed by atoms with Gasteiger partial charge in [-0.15, -0.1) is 0 Å². The Balaban J connectivity index is 1.97. The Labute approximate surface area is 219 Å². The van der Waals surface area contributed by atoms with Crippen molar-refractivity contribution in [2.45, 2.75) is 53.1 Å². The van der Waals surface area contributed by atoms with Crippen LogP contribution in [0.1, 0.15) is 44.7 Å². The molecule has 0 saturated heterocycles. The van der Waals surface area contributed by atoms with E-state index in [-0.39, 0.29) is 18.2 Å². The van der Waals surface area contributed by atoms with E-state index in [2.05, 4.69) is 5.32 Å². The number of aryl methyl sites for hydroxylation is 1. The quantitative estimate of drug-likeness (QED) is 0.451. The number of benzene rings is 2. The molecule has 9 nitrogen and oxygen atoms in total. The molecule has 0 unspecified atom stereocenters. The van der Waals surface area contributed by atoms with Gasteiger partial charge in [0.1, 0.15) is 25.8 Å². The first kappa shape index (κ1) is 28.3. The first-order valence-electron chi connectivity index (χ1n) is 12.7. The van der Waals surface area contributed by atoms with Crippen molar-refractivity contribution in [2.75, 3.05) is 36.4 Å². The zero-order chi connectivity index (χ0) is 27.0. The highest BCUT2D eigenvalue weighted by molar-refractivity contribution is 7.92.